The van der Waals surface area contributed by atoms with E-state index in [0.29, 0.717) is 30.6 Å². The van der Waals surface area contributed by atoms with Gasteiger partial charge >= 0.3 is 0 Å². The lowest BCUT2D eigenvalue weighted by atomic mass is 9.92. The highest BCUT2D eigenvalue weighted by Gasteiger charge is 2.25. The maximum absolute atomic E-state index is 6.06. The Morgan fingerprint density at radius 1 is 1.03 bits per heavy atom. The molecule has 0 radical (unpaired) electrons. The van der Waals surface area contributed by atoms with Gasteiger partial charge in [-0.3, -0.25) is 4.57 Å². The average Bonchev–Trinajstić information content (AvgIpc) is 3.46. The van der Waals surface area contributed by atoms with E-state index < -0.39 is 0 Å². The highest BCUT2D eigenvalue weighted by atomic mass is 35.5. The predicted molar refractivity (Wildman–Crippen MR) is 141 cm³/mol. The maximum atomic E-state index is 6.06. The second kappa shape index (κ2) is 11.9. The van der Waals surface area contributed by atoms with Crippen molar-refractivity contribution in [2.45, 2.75) is 76.0 Å². The lowest BCUT2D eigenvalue weighted by molar-refractivity contribution is 0.410. The van der Waals surface area contributed by atoms with Gasteiger partial charge in [-0.25, -0.2) is 9.97 Å². The van der Waals surface area contributed by atoms with Crippen molar-refractivity contribution in [3.8, 4) is 5.75 Å². The number of benzene rings is 1. The molecule has 0 atom stereocenters. The fourth-order valence-electron chi connectivity index (χ4n) is 5.06. The summed E-state index contributed by atoms with van der Waals surface area (Å²) >= 11 is 0. The Morgan fingerprint density at radius 3 is 2.50 bits per heavy atom. The monoisotopic (exact) mass is 507 g/mol. The Hall–Kier alpha value is -2.29. The Balaban J connectivity index is 0.00000162. The van der Waals surface area contributed by atoms with E-state index in [0.717, 1.165) is 67.0 Å². The fraction of sp³-hybridized carbons (Fsp3) is 0.542. The summed E-state index contributed by atoms with van der Waals surface area (Å²) in [4.78, 5) is 14.4. The van der Waals surface area contributed by atoms with Gasteiger partial charge in [-0.1, -0.05) is 31.0 Å². The van der Waals surface area contributed by atoms with Crippen molar-refractivity contribution in [1.29, 1.82) is 0 Å². The Kier molecular flexibility index (Phi) is 9.22. The molecule has 0 amide bonds. The van der Waals surface area contributed by atoms with Gasteiger partial charge in [0.2, 0.25) is 11.9 Å². The van der Waals surface area contributed by atoms with Gasteiger partial charge in [0, 0.05) is 30.2 Å². The van der Waals surface area contributed by atoms with E-state index >= 15 is 0 Å². The highest BCUT2D eigenvalue weighted by Crippen LogP contribution is 2.35. The molecule has 0 spiro atoms. The molecule has 2 aliphatic carbocycles. The molecule has 0 saturated heterocycles. The second-order valence-electron chi connectivity index (χ2n) is 9.07. The molecule has 4 N–H and O–H groups in total. The normalized spacial score (nSPS) is 20.4. The SMILES string of the molecule is COc1ccccc1CNc1nc2cnc(NC3CCC(N)CC3)nc2n1C1CCCC1.Cl.Cl. The molecule has 3 aromatic rings. The van der Waals surface area contributed by atoms with Gasteiger partial charge in [0.15, 0.2) is 5.65 Å². The number of hydrogen-bond donors (Lipinski definition) is 3. The van der Waals surface area contributed by atoms with Crippen LogP contribution in [0.2, 0.25) is 0 Å². The fourth-order valence-corrected chi connectivity index (χ4v) is 5.06. The summed E-state index contributed by atoms with van der Waals surface area (Å²) in [7, 11) is 1.71. The minimum absolute atomic E-state index is 0. The molecular weight excluding hydrogens is 473 g/mol. The Labute approximate surface area is 213 Å². The third-order valence-electron chi connectivity index (χ3n) is 6.86. The van der Waals surface area contributed by atoms with Crippen LogP contribution in [0.5, 0.6) is 5.75 Å². The van der Waals surface area contributed by atoms with Crippen LogP contribution in [0.3, 0.4) is 0 Å². The zero-order valence-electron chi connectivity index (χ0n) is 19.6. The molecule has 5 rings (SSSR count). The number of methoxy groups -OCH3 is 1. The van der Waals surface area contributed by atoms with Gasteiger partial charge < -0.3 is 21.1 Å². The smallest absolute Gasteiger partial charge is 0.224 e. The number of rotatable bonds is 7. The molecule has 2 aromatic heterocycles. The largest absolute Gasteiger partial charge is 0.496 e. The van der Waals surface area contributed by atoms with Crippen molar-refractivity contribution >= 4 is 47.9 Å². The quantitative estimate of drug-likeness (QED) is 0.409. The average molecular weight is 508 g/mol. The number of ether oxygens (including phenoxy) is 1. The highest BCUT2D eigenvalue weighted by molar-refractivity contribution is 5.85. The van der Waals surface area contributed by atoms with Crippen LogP contribution < -0.4 is 21.1 Å². The van der Waals surface area contributed by atoms with Gasteiger partial charge in [-0.2, -0.15) is 4.98 Å². The molecule has 2 fully saturated rings. The topological polar surface area (TPSA) is 103 Å². The van der Waals surface area contributed by atoms with Crippen LogP contribution in [0.15, 0.2) is 30.5 Å². The number of imidazole rings is 1. The van der Waals surface area contributed by atoms with Crippen molar-refractivity contribution in [1.82, 2.24) is 19.5 Å². The summed E-state index contributed by atoms with van der Waals surface area (Å²) < 4.78 is 7.80. The molecule has 0 aliphatic heterocycles. The van der Waals surface area contributed by atoms with Crippen LogP contribution in [0.25, 0.3) is 11.2 Å². The number of nitrogens with zero attached hydrogens (tertiary/aromatic N) is 4. The standard InChI is InChI=1S/C24H33N7O.2ClH/c1-32-21-9-5-2-6-16(21)14-27-24-29-20-15-26-23(28-18-12-10-17(25)11-13-18)30-22(20)31(24)19-7-3-4-8-19;;/h2,5-6,9,15,17-19H,3-4,7-8,10-14,25H2,1H3,(H,27,29)(H,26,28,30);2*1H. The van der Waals surface area contributed by atoms with Crippen molar-refractivity contribution < 1.29 is 4.74 Å². The third-order valence-corrected chi connectivity index (χ3v) is 6.86. The number of fused-ring (bicyclic) bond motifs is 1. The van der Waals surface area contributed by atoms with Crippen LogP contribution in [0, 0.1) is 0 Å². The van der Waals surface area contributed by atoms with E-state index in [1.165, 1.54) is 12.8 Å². The zero-order valence-corrected chi connectivity index (χ0v) is 21.2. The number of anilines is 2. The number of nitrogens with one attached hydrogen (secondary N) is 2. The number of aromatic nitrogens is 4. The van der Waals surface area contributed by atoms with Gasteiger partial charge in [0.1, 0.15) is 11.3 Å². The first-order valence-corrected chi connectivity index (χ1v) is 11.8. The summed E-state index contributed by atoms with van der Waals surface area (Å²) in [5, 5.41) is 7.08. The number of hydrogen-bond acceptors (Lipinski definition) is 7. The summed E-state index contributed by atoms with van der Waals surface area (Å²) in [5.41, 5.74) is 8.90. The maximum Gasteiger partial charge on any atom is 0.224 e. The summed E-state index contributed by atoms with van der Waals surface area (Å²) in [6.45, 7) is 0.640. The first-order chi connectivity index (χ1) is 15.7. The molecular formula is C24H35Cl2N7O. The van der Waals surface area contributed by atoms with Crippen LogP contribution in [-0.2, 0) is 6.54 Å². The van der Waals surface area contributed by atoms with Crippen molar-refractivity contribution in [3.05, 3.63) is 36.0 Å². The Bertz CT molecular complexity index is 1060. The molecule has 1 aromatic carbocycles. The number of nitrogens with two attached hydrogens (primary N) is 1. The van der Waals surface area contributed by atoms with Crippen molar-refractivity contribution in [3.63, 3.8) is 0 Å². The number of halogens is 2. The minimum Gasteiger partial charge on any atom is -0.496 e. The summed E-state index contributed by atoms with van der Waals surface area (Å²) in [5.74, 6) is 2.42. The first-order valence-electron chi connectivity index (χ1n) is 11.8. The molecule has 2 heterocycles. The first kappa shape index (κ1) is 26.3. The van der Waals surface area contributed by atoms with E-state index in [1.807, 2.05) is 24.4 Å². The molecule has 0 bridgehead atoms. The lowest BCUT2D eigenvalue weighted by Gasteiger charge is -2.26. The molecule has 8 nitrogen and oxygen atoms in total. The van der Waals surface area contributed by atoms with Gasteiger partial charge in [0.05, 0.1) is 13.3 Å². The van der Waals surface area contributed by atoms with Crippen LogP contribution >= 0.6 is 24.8 Å². The predicted octanol–water partition coefficient (Wildman–Crippen LogP) is 5.09. The molecule has 34 heavy (non-hydrogen) atoms. The van der Waals surface area contributed by atoms with Crippen molar-refractivity contribution in [2.75, 3.05) is 17.7 Å². The minimum atomic E-state index is 0. The van der Waals surface area contributed by atoms with Crippen LogP contribution in [-0.4, -0.2) is 38.7 Å². The third kappa shape index (κ3) is 5.67. The van der Waals surface area contributed by atoms with Crippen LogP contribution in [0.4, 0.5) is 11.9 Å². The summed E-state index contributed by atoms with van der Waals surface area (Å²) in [6.07, 6.45) is 10.9. The lowest BCUT2D eigenvalue weighted by Crippen LogP contribution is -2.33. The molecule has 0 unspecified atom stereocenters. The van der Waals surface area contributed by atoms with E-state index in [1.54, 1.807) is 7.11 Å². The molecule has 10 heteroatoms. The Morgan fingerprint density at radius 2 is 1.76 bits per heavy atom. The second-order valence-corrected chi connectivity index (χ2v) is 9.07. The van der Waals surface area contributed by atoms with Gasteiger partial charge in [-0.05, 0) is 44.6 Å². The summed E-state index contributed by atoms with van der Waals surface area (Å²) in [6, 6.07) is 9.21. The molecule has 186 valence electrons. The van der Waals surface area contributed by atoms with E-state index in [9.17, 15) is 0 Å². The van der Waals surface area contributed by atoms with E-state index in [-0.39, 0.29) is 24.8 Å². The zero-order chi connectivity index (χ0) is 21.9. The van der Waals surface area contributed by atoms with Gasteiger partial charge in [-0.15, -0.1) is 24.8 Å². The van der Waals surface area contributed by atoms with Crippen LogP contribution in [0.1, 0.15) is 63.0 Å². The van der Waals surface area contributed by atoms with Crippen molar-refractivity contribution in [2.24, 2.45) is 5.73 Å². The molecule has 2 saturated carbocycles. The van der Waals surface area contributed by atoms with Gasteiger partial charge in [0.25, 0.3) is 0 Å². The number of para-hydroxylation sites is 1. The molecule has 2 aliphatic rings. The van der Waals surface area contributed by atoms with E-state index in [2.05, 4.69) is 26.3 Å². The van der Waals surface area contributed by atoms with E-state index in [4.69, 9.17) is 20.4 Å².